The van der Waals surface area contributed by atoms with Crippen LogP contribution in [0.5, 0.6) is 5.75 Å². The van der Waals surface area contributed by atoms with Gasteiger partial charge in [-0.2, -0.15) is 0 Å². The maximum absolute atomic E-state index is 12.7. The van der Waals surface area contributed by atoms with Crippen LogP contribution < -0.4 is 4.74 Å². The first-order chi connectivity index (χ1) is 13.4. The van der Waals surface area contributed by atoms with Crippen molar-refractivity contribution < 1.29 is 19.1 Å². The van der Waals surface area contributed by atoms with Gasteiger partial charge < -0.3 is 19.3 Å². The normalized spacial score (nSPS) is 19.4. The number of hydrogen-bond donors (Lipinski definition) is 0. The van der Waals surface area contributed by atoms with Crippen molar-refractivity contribution in [1.82, 2.24) is 14.7 Å². The molecule has 28 heavy (non-hydrogen) atoms. The number of benzene rings is 1. The molecule has 1 atom stereocenters. The van der Waals surface area contributed by atoms with E-state index >= 15 is 0 Å². The first kappa shape index (κ1) is 21.1. The Balaban J connectivity index is 1.46. The molecule has 8 heteroatoms. The number of nitrogens with zero attached hydrogens (tertiary/aromatic N) is 3. The lowest BCUT2D eigenvalue weighted by atomic mass is 10.2. The second-order valence-corrected chi connectivity index (χ2v) is 8.14. The van der Waals surface area contributed by atoms with E-state index in [-0.39, 0.29) is 11.8 Å². The molecule has 3 rings (SSSR count). The summed E-state index contributed by atoms with van der Waals surface area (Å²) in [5.74, 6) is 0.736. The summed E-state index contributed by atoms with van der Waals surface area (Å²) in [6.07, 6.45) is -0.574. The molecule has 7 nitrogen and oxygen atoms in total. The number of carbonyl (C=O) groups excluding carboxylic acids is 2. The fourth-order valence-electron chi connectivity index (χ4n) is 3.43. The summed E-state index contributed by atoms with van der Waals surface area (Å²) in [5.41, 5.74) is 1.12. The van der Waals surface area contributed by atoms with Gasteiger partial charge in [-0.1, -0.05) is 6.07 Å². The molecular formula is C20H28BrN3O4. The highest BCUT2D eigenvalue weighted by molar-refractivity contribution is 9.10. The van der Waals surface area contributed by atoms with Crippen LogP contribution in [0.15, 0.2) is 22.7 Å². The highest BCUT2D eigenvalue weighted by Gasteiger charge is 2.29. The minimum atomic E-state index is -0.574. The predicted octanol–water partition coefficient (Wildman–Crippen LogP) is 1.53. The van der Waals surface area contributed by atoms with E-state index < -0.39 is 6.10 Å². The second-order valence-electron chi connectivity index (χ2n) is 7.29. The van der Waals surface area contributed by atoms with Crippen molar-refractivity contribution in [3.63, 3.8) is 0 Å². The van der Waals surface area contributed by atoms with Gasteiger partial charge in [0.2, 0.25) is 5.91 Å². The van der Waals surface area contributed by atoms with Gasteiger partial charge in [0.1, 0.15) is 5.75 Å². The van der Waals surface area contributed by atoms with Crippen molar-refractivity contribution in [1.29, 1.82) is 0 Å². The number of morpholine rings is 1. The van der Waals surface area contributed by atoms with Crippen LogP contribution >= 0.6 is 15.9 Å². The van der Waals surface area contributed by atoms with Crippen molar-refractivity contribution in [2.24, 2.45) is 0 Å². The molecule has 0 radical (unpaired) electrons. The number of piperazine rings is 1. The molecule has 0 spiro atoms. The van der Waals surface area contributed by atoms with Crippen LogP contribution in [-0.2, 0) is 14.3 Å². The summed E-state index contributed by atoms with van der Waals surface area (Å²) in [5, 5.41) is 0. The first-order valence-corrected chi connectivity index (χ1v) is 10.5. The number of halogens is 1. The van der Waals surface area contributed by atoms with E-state index in [4.69, 9.17) is 9.47 Å². The van der Waals surface area contributed by atoms with E-state index in [1.165, 1.54) is 0 Å². The van der Waals surface area contributed by atoms with E-state index in [1.807, 2.05) is 30.0 Å². The van der Waals surface area contributed by atoms with Crippen LogP contribution in [0, 0.1) is 6.92 Å². The molecule has 0 saturated carbocycles. The van der Waals surface area contributed by atoms with Crippen LogP contribution in [0.3, 0.4) is 0 Å². The van der Waals surface area contributed by atoms with Crippen molar-refractivity contribution in [2.45, 2.75) is 20.0 Å². The maximum atomic E-state index is 12.7. The third-order valence-corrected chi connectivity index (χ3v) is 5.77. The second kappa shape index (κ2) is 9.71. The van der Waals surface area contributed by atoms with Crippen molar-refractivity contribution in [3.05, 3.63) is 28.2 Å². The zero-order valence-electron chi connectivity index (χ0n) is 16.5. The summed E-state index contributed by atoms with van der Waals surface area (Å²) in [4.78, 5) is 31.0. The van der Waals surface area contributed by atoms with Gasteiger partial charge in [0, 0.05) is 39.3 Å². The molecule has 2 heterocycles. The number of aryl methyl sites for hydroxylation is 1. The zero-order valence-corrected chi connectivity index (χ0v) is 18.1. The Bertz CT molecular complexity index is 701. The molecule has 1 aromatic rings. The highest BCUT2D eigenvalue weighted by atomic mass is 79.9. The van der Waals surface area contributed by atoms with Gasteiger partial charge in [0.25, 0.3) is 5.91 Å². The Labute approximate surface area is 174 Å². The largest absolute Gasteiger partial charge is 0.480 e. The van der Waals surface area contributed by atoms with Crippen LogP contribution in [0.25, 0.3) is 0 Å². The fraction of sp³-hybridized carbons (Fsp3) is 0.600. The Morgan fingerprint density at radius 1 is 1.11 bits per heavy atom. The molecule has 0 aliphatic carbocycles. The molecule has 2 aliphatic heterocycles. The number of hydrogen-bond acceptors (Lipinski definition) is 5. The third kappa shape index (κ3) is 5.46. The lowest BCUT2D eigenvalue weighted by Crippen LogP contribution is -2.55. The summed E-state index contributed by atoms with van der Waals surface area (Å²) in [6, 6.07) is 5.78. The van der Waals surface area contributed by atoms with E-state index in [0.29, 0.717) is 51.7 Å². The Morgan fingerprint density at radius 3 is 2.39 bits per heavy atom. The van der Waals surface area contributed by atoms with E-state index in [9.17, 15) is 9.59 Å². The maximum Gasteiger partial charge on any atom is 0.263 e. The quantitative estimate of drug-likeness (QED) is 0.676. The minimum absolute atomic E-state index is 0.0484. The summed E-state index contributed by atoms with van der Waals surface area (Å²) >= 11 is 3.48. The molecule has 0 N–H and O–H groups in total. The number of rotatable bonds is 5. The van der Waals surface area contributed by atoms with Crippen molar-refractivity contribution in [2.75, 3.05) is 59.0 Å². The van der Waals surface area contributed by atoms with E-state index in [0.717, 1.165) is 23.1 Å². The summed E-state index contributed by atoms with van der Waals surface area (Å²) < 4.78 is 12.0. The Hall–Kier alpha value is -1.64. The summed E-state index contributed by atoms with van der Waals surface area (Å²) in [6.45, 7) is 9.38. The number of carbonyl (C=O) groups is 2. The average Bonchev–Trinajstić information content (AvgIpc) is 2.70. The van der Waals surface area contributed by atoms with Crippen LogP contribution in [0.2, 0.25) is 0 Å². The fourth-order valence-corrected chi connectivity index (χ4v) is 4.01. The standard InChI is InChI=1S/C20H28BrN3O4/c1-15-3-4-18(17(21)13-15)28-16(2)20(26)24-7-5-23(6-8-24)19(25)14-22-9-11-27-12-10-22/h3-4,13,16H,5-12,14H2,1-2H3. The SMILES string of the molecule is Cc1ccc(OC(C)C(=O)N2CCN(C(=O)CN3CCOCC3)CC2)c(Br)c1. The molecule has 0 bridgehead atoms. The monoisotopic (exact) mass is 453 g/mol. The average molecular weight is 454 g/mol. The molecular weight excluding hydrogens is 426 g/mol. The number of amides is 2. The molecule has 2 amide bonds. The van der Waals surface area contributed by atoms with Gasteiger partial charge in [-0.3, -0.25) is 14.5 Å². The van der Waals surface area contributed by atoms with E-state index in [2.05, 4.69) is 20.8 Å². The van der Waals surface area contributed by atoms with Gasteiger partial charge >= 0.3 is 0 Å². The zero-order chi connectivity index (χ0) is 20.1. The molecule has 1 aromatic carbocycles. The van der Waals surface area contributed by atoms with Gasteiger partial charge in [-0.15, -0.1) is 0 Å². The smallest absolute Gasteiger partial charge is 0.263 e. The lowest BCUT2D eigenvalue weighted by molar-refractivity contribution is -0.144. The molecule has 154 valence electrons. The molecule has 2 fully saturated rings. The highest BCUT2D eigenvalue weighted by Crippen LogP contribution is 2.27. The van der Waals surface area contributed by atoms with Crippen LogP contribution in [0.4, 0.5) is 0 Å². The van der Waals surface area contributed by atoms with Gasteiger partial charge in [-0.05, 0) is 47.5 Å². The Morgan fingerprint density at radius 2 is 1.75 bits per heavy atom. The van der Waals surface area contributed by atoms with Crippen LogP contribution in [0.1, 0.15) is 12.5 Å². The first-order valence-electron chi connectivity index (χ1n) is 9.73. The topological polar surface area (TPSA) is 62.3 Å². The van der Waals surface area contributed by atoms with Crippen molar-refractivity contribution in [3.8, 4) is 5.75 Å². The molecule has 0 aromatic heterocycles. The number of ether oxygens (including phenoxy) is 2. The van der Waals surface area contributed by atoms with Crippen LogP contribution in [-0.4, -0.2) is 91.6 Å². The molecule has 1 unspecified atom stereocenters. The van der Waals surface area contributed by atoms with Gasteiger partial charge in [0.15, 0.2) is 6.10 Å². The van der Waals surface area contributed by atoms with Crippen molar-refractivity contribution >= 4 is 27.7 Å². The third-order valence-electron chi connectivity index (χ3n) is 5.15. The Kier molecular flexibility index (Phi) is 7.31. The lowest BCUT2D eigenvalue weighted by Gasteiger charge is -2.37. The molecule has 2 saturated heterocycles. The summed E-state index contributed by atoms with van der Waals surface area (Å²) in [7, 11) is 0. The van der Waals surface area contributed by atoms with E-state index in [1.54, 1.807) is 11.8 Å². The minimum Gasteiger partial charge on any atom is -0.480 e. The van der Waals surface area contributed by atoms with Gasteiger partial charge in [-0.25, -0.2) is 0 Å². The molecule has 2 aliphatic rings. The van der Waals surface area contributed by atoms with Gasteiger partial charge in [0.05, 0.1) is 24.2 Å². The predicted molar refractivity (Wildman–Crippen MR) is 109 cm³/mol.